The van der Waals surface area contributed by atoms with E-state index in [4.69, 9.17) is 11.6 Å². The lowest BCUT2D eigenvalue weighted by atomic mass is 10.2. The third-order valence-electron chi connectivity index (χ3n) is 3.26. The highest BCUT2D eigenvalue weighted by atomic mass is 35.5. The molecule has 0 saturated carbocycles. The van der Waals surface area contributed by atoms with Crippen LogP contribution in [-0.2, 0) is 4.79 Å². The molecule has 1 N–H and O–H groups in total. The largest absolute Gasteiger partial charge is 0.304 e. The second-order valence-electron chi connectivity index (χ2n) is 4.89. The predicted molar refractivity (Wildman–Crippen MR) is 81.1 cm³/mol. The maximum absolute atomic E-state index is 11.8. The molecular weight excluding hydrogens is 276 g/mol. The molecule has 0 atom stereocenters. The van der Waals surface area contributed by atoms with Crippen LogP contribution in [0.5, 0.6) is 0 Å². The van der Waals surface area contributed by atoms with Gasteiger partial charge < -0.3 is 4.90 Å². The van der Waals surface area contributed by atoms with E-state index >= 15 is 0 Å². The summed E-state index contributed by atoms with van der Waals surface area (Å²) in [4.78, 5) is 16.1. The Bertz CT molecular complexity index is 484. The second kappa shape index (κ2) is 7.38. The molecule has 1 aliphatic heterocycles. The number of rotatable bonds is 4. The lowest BCUT2D eigenvalue weighted by molar-refractivity contribution is -0.122. The minimum atomic E-state index is -0.0992. The molecule has 0 bridgehead atoms. The van der Waals surface area contributed by atoms with Crippen LogP contribution in [-0.4, -0.2) is 61.7 Å². The molecular formula is C14H19ClN4O. The fourth-order valence-corrected chi connectivity index (χ4v) is 2.18. The van der Waals surface area contributed by atoms with Gasteiger partial charge in [-0.15, -0.1) is 0 Å². The van der Waals surface area contributed by atoms with E-state index in [1.165, 1.54) is 0 Å². The van der Waals surface area contributed by atoms with Crippen molar-refractivity contribution in [2.75, 3.05) is 39.8 Å². The molecule has 1 amide bonds. The Morgan fingerprint density at radius 1 is 1.35 bits per heavy atom. The van der Waals surface area contributed by atoms with Gasteiger partial charge in [-0.05, 0) is 13.1 Å². The first-order chi connectivity index (χ1) is 9.65. The van der Waals surface area contributed by atoms with Gasteiger partial charge in [0, 0.05) is 36.8 Å². The van der Waals surface area contributed by atoms with Crippen LogP contribution in [0.2, 0.25) is 5.02 Å². The molecule has 0 unspecified atom stereocenters. The summed E-state index contributed by atoms with van der Waals surface area (Å²) >= 11 is 5.99. The van der Waals surface area contributed by atoms with Crippen LogP contribution in [0.3, 0.4) is 0 Å². The van der Waals surface area contributed by atoms with Gasteiger partial charge in [-0.3, -0.25) is 9.69 Å². The summed E-state index contributed by atoms with van der Waals surface area (Å²) in [5.41, 5.74) is 3.32. The summed E-state index contributed by atoms with van der Waals surface area (Å²) in [5.74, 6) is -0.0992. The van der Waals surface area contributed by atoms with Gasteiger partial charge in [0.1, 0.15) is 0 Å². The van der Waals surface area contributed by atoms with Crippen molar-refractivity contribution < 1.29 is 4.79 Å². The van der Waals surface area contributed by atoms with E-state index in [1.807, 2.05) is 18.2 Å². The molecule has 1 fully saturated rings. The Labute approximate surface area is 124 Å². The molecule has 5 nitrogen and oxygen atoms in total. The van der Waals surface area contributed by atoms with Gasteiger partial charge in [-0.25, -0.2) is 5.43 Å². The highest BCUT2D eigenvalue weighted by molar-refractivity contribution is 6.33. The third kappa shape index (κ3) is 4.59. The van der Waals surface area contributed by atoms with Crippen molar-refractivity contribution in [3.63, 3.8) is 0 Å². The third-order valence-corrected chi connectivity index (χ3v) is 3.61. The molecule has 0 radical (unpaired) electrons. The van der Waals surface area contributed by atoms with Crippen LogP contribution in [0.4, 0.5) is 0 Å². The van der Waals surface area contributed by atoms with Gasteiger partial charge >= 0.3 is 0 Å². The lowest BCUT2D eigenvalue weighted by Gasteiger charge is -2.31. The molecule has 0 spiro atoms. The fraction of sp³-hybridized carbons (Fsp3) is 0.429. The summed E-state index contributed by atoms with van der Waals surface area (Å²) in [6.07, 6.45) is 1.56. The number of amides is 1. The summed E-state index contributed by atoms with van der Waals surface area (Å²) in [7, 11) is 2.09. The van der Waals surface area contributed by atoms with Gasteiger partial charge in [-0.2, -0.15) is 5.10 Å². The number of hydrogen-bond acceptors (Lipinski definition) is 4. The van der Waals surface area contributed by atoms with Crippen molar-refractivity contribution in [2.24, 2.45) is 5.10 Å². The molecule has 20 heavy (non-hydrogen) atoms. The Balaban J connectivity index is 1.76. The quantitative estimate of drug-likeness (QED) is 0.667. The molecule has 1 aromatic rings. The van der Waals surface area contributed by atoms with E-state index in [0.29, 0.717) is 11.6 Å². The fourth-order valence-electron chi connectivity index (χ4n) is 2.00. The SMILES string of the molecule is CN1CCN(CC(=O)NN=Cc2ccccc2Cl)CC1. The standard InChI is InChI=1S/C14H19ClN4O/c1-18-6-8-19(9-7-18)11-14(20)17-16-10-12-4-2-3-5-13(12)15/h2-5,10H,6-9,11H2,1H3,(H,17,20). The minimum Gasteiger partial charge on any atom is -0.304 e. The zero-order valence-corrected chi connectivity index (χ0v) is 12.3. The van der Waals surface area contributed by atoms with E-state index in [0.717, 1.165) is 31.7 Å². The van der Waals surface area contributed by atoms with Crippen LogP contribution in [0.25, 0.3) is 0 Å². The van der Waals surface area contributed by atoms with Crippen molar-refractivity contribution in [3.8, 4) is 0 Å². The number of nitrogens with zero attached hydrogens (tertiary/aromatic N) is 3. The minimum absolute atomic E-state index is 0.0992. The number of hydrogen-bond donors (Lipinski definition) is 1. The topological polar surface area (TPSA) is 47.9 Å². The van der Waals surface area contributed by atoms with Crippen molar-refractivity contribution >= 4 is 23.7 Å². The van der Waals surface area contributed by atoms with Crippen LogP contribution < -0.4 is 5.43 Å². The van der Waals surface area contributed by atoms with Crippen LogP contribution in [0.1, 0.15) is 5.56 Å². The molecule has 108 valence electrons. The maximum atomic E-state index is 11.8. The Kier molecular flexibility index (Phi) is 5.52. The Morgan fingerprint density at radius 2 is 2.05 bits per heavy atom. The smallest absolute Gasteiger partial charge is 0.254 e. The van der Waals surface area contributed by atoms with E-state index in [9.17, 15) is 4.79 Å². The average Bonchev–Trinajstić information content (AvgIpc) is 2.43. The number of likely N-dealkylation sites (N-methyl/N-ethyl adjacent to an activating group) is 1. The van der Waals surface area contributed by atoms with Gasteiger partial charge in [0.25, 0.3) is 5.91 Å². The van der Waals surface area contributed by atoms with Crippen LogP contribution in [0.15, 0.2) is 29.4 Å². The van der Waals surface area contributed by atoms with E-state index < -0.39 is 0 Å². The molecule has 1 aromatic carbocycles. The number of carbonyl (C=O) groups excluding carboxylic acids is 1. The summed E-state index contributed by atoms with van der Waals surface area (Å²) in [6, 6.07) is 7.36. The highest BCUT2D eigenvalue weighted by Crippen LogP contribution is 2.11. The zero-order valence-electron chi connectivity index (χ0n) is 11.6. The van der Waals surface area contributed by atoms with Crippen LogP contribution in [0, 0.1) is 0 Å². The first kappa shape index (κ1) is 15.0. The molecule has 1 heterocycles. The van der Waals surface area contributed by atoms with Crippen LogP contribution >= 0.6 is 11.6 Å². The summed E-state index contributed by atoms with van der Waals surface area (Å²) in [5, 5.41) is 4.55. The van der Waals surface area contributed by atoms with Gasteiger partial charge in [-0.1, -0.05) is 29.8 Å². The predicted octanol–water partition coefficient (Wildman–Crippen LogP) is 1.04. The molecule has 1 saturated heterocycles. The molecule has 1 aliphatic rings. The Morgan fingerprint density at radius 3 is 2.75 bits per heavy atom. The maximum Gasteiger partial charge on any atom is 0.254 e. The van der Waals surface area contributed by atoms with Crippen molar-refractivity contribution in [1.82, 2.24) is 15.2 Å². The average molecular weight is 295 g/mol. The number of carbonyl (C=O) groups is 1. The van der Waals surface area contributed by atoms with E-state index in [-0.39, 0.29) is 5.91 Å². The van der Waals surface area contributed by atoms with Gasteiger partial charge in [0.05, 0.1) is 12.8 Å². The normalized spacial score (nSPS) is 17.5. The van der Waals surface area contributed by atoms with Gasteiger partial charge in [0.15, 0.2) is 0 Å². The van der Waals surface area contributed by atoms with E-state index in [2.05, 4.69) is 27.4 Å². The Hall–Kier alpha value is -1.43. The van der Waals surface area contributed by atoms with Crippen molar-refractivity contribution in [3.05, 3.63) is 34.9 Å². The van der Waals surface area contributed by atoms with Crippen molar-refractivity contribution in [1.29, 1.82) is 0 Å². The monoisotopic (exact) mass is 294 g/mol. The van der Waals surface area contributed by atoms with Gasteiger partial charge in [0.2, 0.25) is 0 Å². The molecule has 0 aromatic heterocycles. The first-order valence-electron chi connectivity index (χ1n) is 6.62. The highest BCUT2D eigenvalue weighted by Gasteiger charge is 2.15. The second-order valence-corrected chi connectivity index (χ2v) is 5.30. The number of piperazine rings is 1. The van der Waals surface area contributed by atoms with E-state index in [1.54, 1.807) is 12.3 Å². The zero-order chi connectivity index (χ0) is 14.4. The number of benzene rings is 1. The first-order valence-corrected chi connectivity index (χ1v) is 7.00. The van der Waals surface area contributed by atoms with Crippen molar-refractivity contribution in [2.45, 2.75) is 0 Å². The summed E-state index contributed by atoms with van der Waals surface area (Å²) < 4.78 is 0. The number of hydrazone groups is 1. The molecule has 6 heteroatoms. The lowest BCUT2D eigenvalue weighted by Crippen LogP contribution is -2.47. The molecule has 2 rings (SSSR count). The number of nitrogens with one attached hydrogen (secondary N) is 1. The molecule has 0 aliphatic carbocycles. The summed E-state index contributed by atoms with van der Waals surface area (Å²) in [6.45, 7) is 4.20. The number of halogens is 1.